The van der Waals surface area contributed by atoms with Gasteiger partial charge in [-0.25, -0.2) is 0 Å². The summed E-state index contributed by atoms with van der Waals surface area (Å²) in [7, 11) is 0. The molecular weight excluding hydrogens is 162 g/mol. The monoisotopic (exact) mass is 183 g/mol. The lowest BCUT2D eigenvalue weighted by atomic mass is 9.90. The minimum atomic E-state index is 0.194. The Balaban J connectivity index is 1.74. The lowest BCUT2D eigenvalue weighted by Crippen LogP contribution is -2.54. The molecule has 3 N–H and O–H groups in total. The molecule has 1 saturated heterocycles. The molecule has 1 aliphatic carbocycles. The third-order valence-corrected chi connectivity index (χ3v) is 3.52. The SMILES string of the molecule is CC1(NN)CCN(CC2CC2)CC1. The summed E-state index contributed by atoms with van der Waals surface area (Å²) in [6.07, 6.45) is 5.30. The van der Waals surface area contributed by atoms with Crippen LogP contribution in [0.25, 0.3) is 0 Å². The molecule has 0 spiro atoms. The van der Waals surface area contributed by atoms with Crippen molar-refractivity contribution >= 4 is 0 Å². The Hall–Kier alpha value is -0.120. The van der Waals surface area contributed by atoms with Crippen molar-refractivity contribution in [1.82, 2.24) is 10.3 Å². The summed E-state index contributed by atoms with van der Waals surface area (Å²) in [6, 6.07) is 0. The molecule has 1 saturated carbocycles. The Morgan fingerprint density at radius 3 is 2.46 bits per heavy atom. The highest BCUT2D eigenvalue weighted by molar-refractivity contribution is 4.89. The third-order valence-electron chi connectivity index (χ3n) is 3.52. The van der Waals surface area contributed by atoms with E-state index in [1.54, 1.807) is 0 Å². The number of nitrogens with zero attached hydrogens (tertiary/aromatic N) is 1. The number of hydrazine groups is 1. The molecule has 0 aromatic carbocycles. The fraction of sp³-hybridized carbons (Fsp3) is 1.00. The van der Waals surface area contributed by atoms with Crippen molar-refractivity contribution in [3.05, 3.63) is 0 Å². The smallest absolute Gasteiger partial charge is 0.0317 e. The first-order valence-electron chi connectivity index (χ1n) is 5.42. The minimum Gasteiger partial charge on any atom is -0.303 e. The summed E-state index contributed by atoms with van der Waals surface area (Å²) in [5, 5.41) is 0. The molecule has 0 bridgehead atoms. The molecule has 76 valence electrons. The van der Waals surface area contributed by atoms with Gasteiger partial charge in [-0.2, -0.15) is 0 Å². The van der Waals surface area contributed by atoms with Crippen LogP contribution in [0, 0.1) is 5.92 Å². The second-order valence-electron chi connectivity index (χ2n) is 4.95. The van der Waals surface area contributed by atoms with Gasteiger partial charge in [0.05, 0.1) is 0 Å². The van der Waals surface area contributed by atoms with Gasteiger partial charge in [0.15, 0.2) is 0 Å². The van der Waals surface area contributed by atoms with Crippen LogP contribution < -0.4 is 11.3 Å². The number of hydrogen-bond donors (Lipinski definition) is 2. The van der Waals surface area contributed by atoms with E-state index < -0.39 is 0 Å². The second kappa shape index (κ2) is 3.56. The minimum absolute atomic E-state index is 0.194. The van der Waals surface area contributed by atoms with E-state index in [1.165, 1.54) is 45.3 Å². The van der Waals surface area contributed by atoms with E-state index in [4.69, 9.17) is 5.84 Å². The molecular formula is C10H21N3. The molecule has 0 aromatic heterocycles. The van der Waals surface area contributed by atoms with E-state index in [0.29, 0.717) is 0 Å². The molecule has 1 heterocycles. The van der Waals surface area contributed by atoms with E-state index >= 15 is 0 Å². The van der Waals surface area contributed by atoms with Gasteiger partial charge in [-0.15, -0.1) is 0 Å². The summed E-state index contributed by atoms with van der Waals surface area (Å²) in [6.45, 7) is 6.00. The number of likely N-dealkylation sites (tertiary alicyclic amines) is 1. The van der Waals surface area contributed by atoms with Gasteiger partial charge in [0.1, 0.15) is 0 Å². The van der Waals surface area contributed by atoms with E-state index in [2.05, 4.69) is 17.2 Å². The van der Waals surface area contributed by atoms with Gasteiger partial charge in [-0.05, 0) is 51.6 Å². The summed E-state index contributed by atoms with van der Waals surface area (Å²) in [5.41, 5.74) is 3.14. The first kappa shape index (κ1) is 9.44. The molecule has 0 atom stereocenters. The zero-order chi connectivity index (χ0) is 9.31. The molecule has 2 aliphatic rings. The first-order chi connectivity index (χ1) is 6.22. The standard InChI is InChI=1S/C10H21N3/c1-10(12-11)4-6-13(7-5-10)8-9-2-3-9/h9,12H,2-8,11H2,1H3. The molecule has 2 fully saturated rings. The Morgan fingerprint density at radius 2 is 2.00 bits per heavy atom. The van der Waals surface area contributed by atoms with Crippen molar-refractivity contribution in [3.63, 3.8) is 0 Å². The average molecular weight is 183 g/mol. The van der Waals surface area contributed by atoms with Crippen LogP contribution in [0.4, 0.5) is 0 Å². The second-order valence-corrected chi connectivity index (χ2v) is 4.95. The van der Waals surface area contributed by atoms with Gasteiger partial charge in [-0.3, -0.25) is 11.3 Å². The lowest BCUT2D eigenvalue weighted by Gasteiger charge is -2.38. The molecule has 2 rings (SSSR count). The van der Waals surface area contributed by atoms with Gasteiger partial charge < -0.3 is 4.90 Å². The molecule has 0 unspecified atom stereocenters. The van der Waals surface area contributed by atoms with Crippen LogP contribution in [-0.4, -0.2) is 30.1 Å². The van der Waals surface area contributed by atoms with Gasteiger partial charge >= 0.3 is 0 Å². The maximum Gasteiger partial charge on any atom is 0.0317 e. The van der Waals surface area contributed by atoms with Gasteiger partial charge in [-0.1, -0.05) is 0 Å². The van der Waals surface area contributed by atoms with Crippen LogP contribution in [0.15, 0.2) is 0 Å². The van der Waals surface area contributed by atoms with Crippen molar-refractivity contribution in [2.75, 3.05) is 19.6 Å². The number of rotatable bonds is 3. The Kier molecular flexibility index (Phi) is 2.58. The van der Waals surface area contributed by atoms with Crippen molar-refractivity contribution in [3.8, 4) is 0 Å². The number of nitrogens with two attached hydrogens (primary N) is 1. The van der Waals surface area contributed by atoms with Gasteiger partial charge in [0.2, 0.25) is 0 Å². The topological polar surface area (TPSA) is 41.3 Å². The van der Waals surface area contributed by atoms with Crippen LogP contribution in [0.1, 0.15) is 32.6 Å². The fourth-order valence-corrected chi connectivity index (χ4v) is 2.04. The molecule has 3 heteroatoms. The number of piperidine rings is 1. The molecule has 0 amide bonds. The normalized spacial score (nSPS) is 29.1. The van der Waals surface area contributed by atoms with E-state index in [9.17, 15) is 0 Å². The van der Waals surface area contributed by atoms with Crippen LogP contribution in [-0.2, 0) is 0 Å². The third kappa shape index (κ3) is 2.42. The number of nitrogens with one attached hydrogen (secondary N) is 1. The Morgan fingerprint density at radius 1 is 1.38 bits per heavy atom. The van der Waals surface area contributed by atoms with Gasteiger partial charge in [0, 0.05) is 12.1 Å². The van der Waals surface area contributed by atoms with Crippen molar-refractivity contribution < 1.29 is 0 Å². The summed E-state index contributed by atoms with van der Waals surface area (Å²) < 4.78 is 0. The highest BCUT2D eigenvalue weighted by Gasteiger charge is 2.31. The van der Waals surface area contributed by atoms with Crippen molar-refractivity contribution in [2.45, 2.75) is 38.1 Å². The maximum absolute atomic E-state index is 5.53. The zero-order valence-corrected chi connectivity index (χ0v) is 8.55. The molecule has 0 radical (unpaired) electrons. The molecule has 1 aliphatic heterocycles. The van der Waals surface area contributed by atoms with Crippen LogP contribution in [0.3, 0.4) is 0 Å². The summed E-state index contributed by atoms with van der Waals surface area (Å²) in [4.78, 5) is 2.59. The summed E-state index contributed by atoms with van der Waals surface area (Å²) in [5.74, 6) is 6.55. The van der Waals surface area contributed by atoms with E-state index in [-0.39, 0.29) is 5.54 Å². The fourth-order valence-electron chi connectivity index (χ4n) is 2.04. The van der Waals surface area contributed by atoms with Gasteiger partial charge in [0.25, 0.3) is 0 Å². The van der Waals surface area contributed by atoms with Crippen molar-refractivity contribution in [2.24, 2.45) is 11.8 Å². The Labute approximate surface area is 80.6 Å². The summed E-state index contributed by atoms with van der Waals surface area (Å²) >= 11 is 0. The molecule has 0 aromatic rings. The quantitative estimate of drug-likeness (QED) is 0.500. The molecule has 13 heavy (non-hydrogen) atoms. The average Bonchev–Trinajstić information content (AvgIpc) is 2.93. The lowest BCUT2D eigenvalue weighted by molar-refractivity contribution is 0.142. The van der Waals surface area contributed by atoms with Crippen LogP contribution in [0.2, 0.25) is 0 Å². The zero-order valence-electron chi connectivity index (χ0n) is 8.55. The first-order valence-corrected chi connectivity index (χ1v) is 5.42. The maximum atomic E-state index is 5.53. The van der Waals surface area contributed by atoms with Crippen molar-refractivity contribution in [1.29, 1.82) is 0 Å². The molecule has 3 nitrogen and oxygen atoms in total. The number of hydrogen-bond acceptors (Lipinski definition) is 3. The van der Waals surface area contributed by atoms with Crippen LogP contribution >= 0.6 is 0 Å². The highest BCUT2D eigenvalue weighted by atomic mass is 15.3. The highest BCUT2D eigenvalue weighted by Crippen LogP contribution is 2.31. The van der Waals surface area contributed by atoms with E-state index in [1.807, 2.05) is 0 Å². The van der Waals surface area contributed by atoms with Crippen LogP contribution in [0.5, 0.6) is 0 Å². The Bertz CT molecular complexity index is 169. The largest absolute Gasteiger partial charge is 0.303 e. The predicted octanol–water partition coefficient (Wildman–Crippen LogP) is 0.714. The predicted molar refractivity (Wildman–Crippen MR) is 54.1 cm³/mol. The van der Waals surface area contributed by atoms with E-state index in [0.717, 1.165) is 5.92 Å².